The van der Waals surface area contributed by atoms with Crippen molar-refractivity contribution in [3.63, 3.8) is 0 Å². The van der Waals surface area contributed by atoms with Crippen molar-refractivity contribution in [3.05, 3.63) is 84.4 Å². The monoisotopic (exact) mass is 365 g/mol. The Balaban J connectivity index is 1.80. The van der Waals surface area contributed by atoms with Gasteiger partial charge in [0.2, 0.25) is 5.91 Å². The fourth-order valence-electron chi connectivity index (χ4n) is 2.65. The van der Waals surface area contributed by atoms with E-state index in [0.29, 0.717) is 5.69 Å². The van der Waals surface area contributed by atoms with Gasteiger partial charge in [0.05, 0.1) is 4.90 Å². The van der Waals surface area contributed by atoms with Crippen molar-refractivity contribution in [1.29, 1.82) is 0 Å². The number of para-hydroxylation sites is 1. The van der Waals surface area contributed by atoms with Crippen molar-refractivity contribution in [2.45, 2.75) is 11.8 Å². The number of rotatable bonds is 5. The lowest BCUT2D eigenvalue weighted by atomic mass is 10.0. The van der Waals surface area contributed by atoms with Crippen LogP contribution >= 0.6 is 0 Å². The van der Waals surface area contributed by atoms with Gasteiger partial charge in [-0.2, -0.15) is 0 Å². The molecular formula is C21H19NO3S. The highest BCUT2D eigenvalue weighted by Crippen LogP contribution is 2.27. The van der Waals surface area contributed by atoms with Gasteiger partial charge in [0.15, 0.2) is 9.84 Å². The molecule has 0 fully saturated rings. The van der Waals surface area contributed by atoms with Crippen LogP contribution in [0.15, 0.2) is 83.8 Å². The molecule has 0 aromatic heterocycles. The highest BCUT2D eigenvalue weighted by Gasteiger charge is 2.20. The molecule has 0 heterocycles. The third-order valence-corrected chi connectivity index (χ3v) is 5.62. The standard InChI is InChI=1S/C21H19NO3S/c1-16-11-13-18(14-12-16)26(24,25)15-21(23)22-20-10-6-5-9-19(20)17-7-3-2-4-8-17/h2-14H,15H2,1H3,(H,22,23). The number of nitrogens with one attached hydrogen (secondary N) is 1. The molecule has 0 radical (unpaired) electrons. The molecule has 1 N–H and O–H groups in total. The predicted molar refractivity (Wildman–Crippen MR) is 104 cm³/mol. The van der Waals surface area contributed by atoms with Gasteiger partial charge in [0, 0.05) is 11.3 Å². The van der Waals surface area contributed by atoms with Gasteiger partial charge in [-0.05, 0) is 30.7 Å². The summed E-state index contributed by atoms with van der Waals surface area (Å²) >= 11 is 0. The Hall–Kier alpha value is -2.92. The molecule has 132 valence electrons. The summed E-state index contributed by atoms with van der Waals surface area (Å²) in [6.07, 6.45) is 0. The predicted octanol–water partition coefficient (Wildman–Crippen LogP) is 4.07. The molecule has 3 aromatic rings. The van der Waals surface area contributed by atoms with Crippen LogP contribution in [0, 0.1) is 6.92 Å². The first-order valence-corrected chi connectivity index (χ1v) is 9.85. The summed E-state index contributed by atoms with van der Waals surface area (Å²) in [5, 5.41) is 2.73. The van der Waals surface area contributed by atoms with Crippen LogP contribution in [0.5, 0.6) is 0 Å². The molecular weight excluding hydrogens is 346 g/mol. The lowest BCUT2D eigenvalue weighted by Gasteiger charge is -2.11. The van der Waals surface area contributed by atoms with E-state index in [4.69, 9.17) is 0 Å². The number of hydrogen-bond acceptors (Lipinski definition) is 3. The highest BCUT2D eigenvalue weighted by atomic mass is 32.2. The van der Waals surface area contributed by atoms with Gasteiger partial charge in [-0.1, -0.05) is 66.2 Å². The molecule has 1 amide bonds. The molecule has 0 atom stereocenters. The van der Waals surface area contributed by atoms with Crippen LogP contribution in [0.4, 0.5) is 5.69 Å². The Bertz CT molecular complexity index is 1010. The van der Waals surface area contributed by atoms with Gasteiger partial charge in [0.25, 0.3) is 0 Å². The Labute approximate surface area is 153 Å². The smallest absolute Gasteiger partial charge is 0.239 e. The third-order valence-electron chi connectivity index (χ3n) is 3.99. The second-order valence-corrected chi connectivity index (χ2v) is 8.02. The molecule has 3 aromatic carbocycles. The molecule has 4 nitrogen and oxygen atoms in total. The minimum absolute atomic E-state index is 0.148. The van der Waals surface area contributed by atoms with Gasteiger partial charge in [-0.3, -0.25) is 4.79 Å². The van der Waals surface area contributed by atoms with Crippen LogP contribution in [0.2, 0.25) is 0 Å². The van der Waals surface area contributed by atoms with Gasteiger partial charge < -0.3 is 5.32 Å². The zero-order valence-corrected chi connectivity index (χ0v) is 15.2. The van der Waals surface area contributed by atoms with E-state index in [1.807, 2.05) is 49.4 Å². The van der Waals surface area contributed by atoms with E-state index in [0.717, 1.165) is 16.7 Å². The second-order valence-electron chi connectivity index (χ2n) is 6.03. The van der Waals surface area contributed by atoms with Crippen molar-refractivity contribution in [3.8, 4) is 11.1 Å². The highest BCUT2D eigenvalue weighted by molar-refractivity contribution is 7.92. The lowest BCUT2D eigenvalue weighted by molar-refractivity contribution is -0.113. The molecule has 0 saturated heterocycles. The maximum atomic E-state index is 12.4. The summed E-state index contributed by atoms with van der Waals surface area (Å²) in [7, 11) is -3.69. The quantitative estimate of drug-likeness (QED) is 0.741. The number of hydrogen-bond donors (Lipinski definition) is 1. The average Bonchev–Trinajstić information content (AvgIpc) is 2.63. The number of amides is 1. The number of carbonyl (C=O) groups excluding carboxylic acids is 1. The van der Waals surface area contributed by atoms with Crippen molar-refractivity contribution >= 4 is 21.4 Å². The zero-order chi connectivity index (χ0) is 18.6. The Morgan fingerprint density at radius 3 is 2.15 bits per heavy atom. The average molecular weight is 365 g/mol. The molecule has 0 spiro atoms. The van der Waals surface area contributed by atoms with E-state index in [-0.39, 0.29) is 4.90 Å². The molecule has 0 saturated carbocycles. The van der Waals surface area contributed by atoms with Crippen LogP contribution in [0.1, 0.15) is 5.56 Å². The Morgan fingerprint density at radius 1 is 0.846 bits per heavy atom. The van der Waals surface area contributed by atoms with Crippen LogP contribution < -0.4 is 5.32 Å². The summed E-state index contributed by atoms with van der Waals surface area (Å²) in [5.41, 5.74) is 3.34. The Morgan fingerprint density at radius 2 is 1.46 bits per heavy atom. The largest absolute Gasteiger partial charge is 0.325 e. The van der Waals surface area contributed by atoms with Crippen molar-refractivity contribution in [2.75, 3.05) is 11.1 Å². The van der Waals surface area contributed by atoms with Gasteiger partial charge in [-0.25, -0.2) is 8.42 Å². The summed E-state index contributed by atoms with van der Waals surface area (Å²) in [5.74, 6) is -1.16. The van der Waals surface area contributed by atoms with Crippen molar-refractivity contribution < 1.29 is 13.2 Å². The van der Waals surface area contributed by atoms with Gasteiger partial charge >= 0.3 is 0 Å². The Kier molecular flexibility index (Phi) is 5.19. The van der Waals surface area contributed by atoms with Crippen LogP contribution in [0.25, 0.3) is 11.1 Å². The first-order chi connectivity index (χ1) is 12.5. The van der Waals surface area contributed by atoms with E-state index < -0.39 is 21.5 Å². The number of sulfone groups is 1. The number of aryl methyl sites for hydroxylation is 1. The minimum Gasteiger partial charge on any atom is -0.325 e. The third kappa shape index (κ3) is 4.18. The number of anilines is 1. The summed E-state index contributed by atoms with van der Waals surface area (Å²) in [6, 6.07) is 23.4. The van der Waals surface area contributed by atoms with Crippen molar-refractivity contribution in [1.82, 2.24) is 0 Å². The van der Waals surface area contributed by atoms with Gasteiger partial charge in [0.1, 0.15) is 5.75 Å². The maximum Gasteiger partial charge on any atom is 0.239 e. The van der Waals surface area contributed by atoms with E-state index in [1.165, 1.54) is 12.1 Å². The first-order valence-electron chi connectivity index (χ1n) is 8.19. The first kappa shape index (κ1) is 17.9. The van der Waals surface area contributed by atoms with Crippen molar-refractivity contribution in [2.24, 2.45) is 0 Å². The SMILES string of the molecule is Cc1ccc(S(=O)(=O)CC(=O)Nc2ccccc2-c2ccccc2)cc1. The van der Waals surface area contributed by atoms with Crippen LogP contribution in [-0.2, 0) is 14.6 Å². The van der Waals surface area contributed by atoms with Crippen LogP contribution in [-0.4, -0.2) is 20.1 Å². The molecule has 0 bridgehead atoms. The molecule has 3 rings (SSSR count). The summed E-state index contributed by atoms with van der Waals surface area (Å²) < 4.78 is 24.9. The minimum atomic E-state index is -3.69. The van der Waals surface area contributed by atoms with E-state index in [2.05, 4.69) is 5.32 Å². The fourth-order valence-corrected chi connectivity index (χ4v) is 3.78. The molecule has 0 aliphatic rings. The van der Waals surface area contributed by atoms with Crippen LogP contribution in [0.3, 0.4) is 0 Å². The maximum absolute atomic E-state index is 12.4. The zero-order valence-electron chi connectivity index (χ0n) is 14.3. The number of benzene rings is 3. The molecule has 26 heavy (non-hydrogen) atoms. The van der Waals surface area contributed by atoms with E-state index in [9.17, 15) is 13.2 Å². The summed E-state index contributed by atoms with van der Waals surface area (Å²) in [6.45, 7) is 1.88. The van der Waals surface area contributed by atoms with E-state index in [1.54, 1.807) is 24.3 Å². The topological polar surface area (TPSA) is 63.2 Å². The molecule has 5 heteroatoms. The normalized spacial score (nSPS) is 11.1. The van der Waals surface area contributed by atoms with Gasteiger partial charge in [-0.15, -0.1) is 0 Å². The summed E-state index contributed by atoms with van der Waals surface area (Å²) in [4.78, 5) is 12.5. The molecule has 0 aliphatic heterocycles. The fraction of sp³-hybridized carbons (Fsp3) is 0.0952. The number of carbonyl (C=O) groups is 1. The lowest BCUT2D eigenvalue weighted by Crippen LogP contribution is -2.23. The molecule has 0 unspecified atom stereocenters. The molecule has 0 aliphatic carbocycles. The second kappa shape index (κ2) is 7.54. The van der Waals surface area contributed by atoms with E-state index >= 15 is 0 Å².